The molecule has 0 bridgehead atoms. The Morgan fingerprint density at radius 1 is 1.17 bits per heavy atom. The van der Waals surface area contributed by atoms with E-state index < -0.39 is 5.67 Å². The third-order valence-corrected chi connectivity index (χ3v) is 2.76. The summed E-state index contributed by atoms with van der Waals surface area (Å²) in [6.45, 7) is 0. The lowest BCUT2D eigenvalue weighted by atomic mass is 9.77. The van der Waals surface area contributed by atoms with Gasteiger partial charge in [-0.15, -0.1) is 0 Å². The highest BCUT2D eigenvalue weighted by molar-refractivity contribution is 6.30. The highest BCUT2D eigenvalue weighted by atomic mass is 35.5. The zero-order chi connectivity index (χ0) is 8.60. The zero-order valence-corrected chi connectivity index (χ0v) is 7.44. The van der Waals surface area contributed by atoms with E-state index in [4.69, 9.17) is 11.6 Å². The smallest absolute Gasteiger partial charge is 0.136 e. The average Bonchev–Trinajstić information content (AvgIpc) is 2.02. The highest BCUT2D eigenvalue weighted by Gasteiger charge is 2.38. The normalized spacial score (nSPS) is 20.2. The van der Waals surface area contributed by atoms with Gasteiger partial charge in [-0.05, 0) is 37.0 Å². The minimum Gasteiger partial charge on any atom is -0.239 e. The minimum atomic E-state index is -1.05. The fourth-order valence-corrected chi connectivity index (χ4v) is 1.65. The maximum Gasteiger partial charge on any atom is 0.136 e. The van der Waals surface area contributed by atoms with Gasteiger partial charge in [-0.25, -0.2) is 4.39 Å². The first-order valence-electron chi connectivity index (χ1n) is 4.16. The quantitative estimate of drug-likeness (QED) is 0.625. The lowest BCUT2D eigenvalue weighted by Gasteiger charge is -2.34. The van der Waals surface area contributed by atoms with Crippen LogP contribution in [0, 0.1) is 0 Å². The van der Waals surface area contributed by atoms with Gasteiger partial charge < -0.3 is 0 Å². The largest absolute Gasteiger partial charge is 0.239 e. The van der Waals surface area contributed by atoms with Crippen molar-refractivity contribution >= 4 is 11.6 Å². The number of benzene rings is 1. The zero-order valence-electron chi connectivity index (χ0n) is 6.69. The summed E-state index contributed by atoms with van der Waals surface area (Å²) in [6, 6.07) is 7.05. The predicted octanol–water partition coefficient (Wildman–Crippen LogP) is 3.69. The number of hydrogen-bond acceptors (Lipinski definition) is 0. The van der Waals surface area contributed by atoms with Crippen LogP contribution in [0.2, 0.25) is 5.02 Å². The number of rotatable bonds is 1. The Hall–Kier alpha value is -0.560. The van der Waals surface area contributed by atoms with Gasteiger partial charge in [0.1, 0.15) is 5.67 Å². The molecule has 2 rings (SSSR count). The van der Waals surface area contributed by atoms with E-state index in [1.165, 1.54) is 0 Å². The summed E-state index contributed by atoms with van der Waals surface area (Å²) in [6.07, 6.45) is 2.32. The second kappa shape index (κ2) is 2.74. The van der Waals surface area contributed by atoms with Gasteiger partial charge in [-0.2, -0.15) is 0 Å². The fourth-order valence-electron chi connectivity index (χ4n) is 1.52. The summed E-state index contributed by atoms with van der Waals surface area (Å²) in [7, 11) is 0. The van der Waals surface area contributed by atoms with Crippen molar-refractivity contribution in [1.29, 1.82) is 0 Å². The SMILES string of the molecule is FC1(c2ccc(Cl)cc2)CCC1. The Morgan fingerprint density at radius 2 is 1.75 bits per heavy atom. The van der Waals surface area contributed by atoms with Crippen molar-refractivity contribution in [2.75, 3.05) is 0 Å². The van der Waals surface area contributed by atoms with Gasteiger partial charge >= 0.3 is 0 Å². The lowest BCUT2D eigenvalue weighted by Crippen LogP contribution is -2.28. The molecular weight excluding hydrogens is 175 g/mol. The van der Waals surface area contributed by atoms with Crippen LogP contribution in [0.15, 0.2) is 24.3 Å². The summed E-state index contributed by atoms with van der Waals surface area (Å²) in [5.74, 6) is 0. The molecule has 0 unspecified atom stereocenters. The van der Waals surface area contributed by atoms with Crippen molar-refractivity contribution in [2.24, 2.45) is 0 Å². The summed E-state index contributed by atoms with van der Waals surface area (Å²) in [4.78, 5) is 0. The van der Waals surface area contributed by atoms with Crippen LogP contribution in [0.5, 0.6) is 0 Å². The molecule has 0 aromatic heterocycles. The van der Waals surface area contributed by atoms with E-state index in [9.17, 15) is 4.39 Å². The van der Waals surface area contributed by atoms with Crippen LogP contribution < -0.4 is 0 Å². The van der Waals surface area contributed by atoms with Crippen LogP contribution in [-0.4, -0.2) is 0 Å². The van der Waals surface area contributed by atoms with E-state index in [0.717, 1.165) is 12.0 Å². The van der Waals surface area contributed by atoms with Crippen molar-refractivity contribution in [3.63, 3.8) is 0 Å². The Bertz CT molecular complexity index is 274. The summed E-state index contributed by atoms with van der Waals surface area (Å²) < 4.78 is 13.7. The van der Waals surface area contributed by atoms with Crippen LogP contribution in [0.4, 0.5) is 4.39 Å². The standard InChI is InChI=1S/C10H10ClF/c11-9-4-2-8(3-5-9)10(12)6-1-7-10/h2-5H,1,6-7H2. The van der Waals surface area contributed by atoms with Crippen molar-refractivity contribution in [3.8, 4) is 0 Å². The van der Waals surface area contributed by atoms with E-state index in [2.05, 4.69) is 0 Å². The molecule has 1 aliphatic carbocycles. The molecule has 2 heteroatoms. The Morgan fingerprint density at radius 3 is 2.17 bits per heavy atom. The molecule has 12 heavy (non-hydrogen) atoms. The van der Waals surface area contributed by atoms with E-state index in [1.807, 2.05) is 0 Å². The Labute approximate surface area is 76.4 Å². The van der Waals surface area contributed by atoms with Crippen molar-refractivity contribution in [2.45, 2.75) is 24.9 Å². The van der Waals surface area contributed by atoms with Crippen LogP contribution in [0.25, 0.3) is 0 Å². The van der Waals surface area contributed by atoms with Crippen LogP contribution in [0.1, 0.15) is 24.8 Å². The molecule has 0 aliphatic heterocycles. The molecule has 0 saturated heterocycles. The molecule has 0 amide bonds. The van der Waals surface area contributed by atoms with Crippen molar-refractivity contribution in [1.82, 2.24) is 0 Å². The van der Waals surface area contributed by atoms with Crippen molar-refractivity contribution < 1.29 is 4.39 Å². The second-order valence-corrected chi connectivity index (χ2v) is 3.76. The molecule has 1 saturated carbocycles. The first-order chi connectivity index (χ1) is 5.71. The van der Waals surface area contributed by atoms with Gasteiger partial charge in [0.15, 0.2) is 0 Å². The summed E-state index contributed by atoms with van der Waals surface area (Å²) in [5, 5.41) is 0.668. The van der Waals surface area contributed by atoms with E-state index in [-0.39, 0.29) is 0 Å². The van der Waals surface area contributed by atoms with Crippen LogP contribution in [-0.2, 0) is 5.67 Å². The predicted molar refractivity (Wildman–Crippen MR) is 48.1 cm³/mol. The fraction of sp³-hybridized carbons (Fsp3) is 0.400. The van der Waals surface area contributed by atoms with Crippen LogP contribution in [0.3, 0.4) is 0 Å². The first kappa shape index (κ1) is 8.06. The maximum absolute atomic E-state index is 13.7. The van der Waals surface area contributed by atoms with E-state index >= 15 is 0 Å². The molecule has 0 nitrogen and oxygen atoms in total. The lowest BCUT2D eigenvalue weighted by molar-refractivity contribution is 0.0609. The maximum atomic E-state index is 13.7. The topological polar surface area (TPSA) is 0 Å². The third-order valence-electron chi connectivity index (χ3n) is 2.51. The Balaban J connectivity index is 2.28. The van der Waals surface area contributed by atoms with Gasteiger partial charge in [-0.1, -0.05) is 23.7 Å². The van der Waals surface area contributed by atoms with Gasteiger partial charge in [0, 0.05) is 5.02 Å². The average molecular weight is 185 g/mol. The van der Waals surface area contributed by atoms with Gasteiger partial charge in [0.25, 0.3) is 0 Å². The minimum absolute atomic E-state index is 0.661. The number of hydrogen-bond donors (Lipinski definition) is 0. The molecule has 0 atom stereocenters. The highest BCUT2D eigenvalue weighted by Crippen LogP contribution is 2.44. The molecule has 1 aromatic rings. The molecule has 64 valence electrons. The van der Waals surface area contributed by atoms with Gasteiger partial charge in [-0.3, -0.25) is 0 Å². The second-order valence-electron chi connectivity index (χ2n) is 3.33. The Kier molecular flexibility index (Phi) is 1.84. The number of alkyl halides is 1. The van der Waals surface area contributed by atoms with Gasteiger partial charge in [0.05, 0.1) is 0 Å². The number of halogens is 2. The molecule has 1 aliphatic rings. The van der Waals surface area contributed by atoms with Crippen molar-refractivity contribution in [3.05, 3.63) is 34.9 Å². The molecule has 0 heterocycles. The molecule has 1 aromatic carbocycles. The molecule has 0 radical (unpaired) electrons. The molecule has 0 N–H and O–H groups in total. The first-order valence-corrected chi connectivity index (χ1v) is 4.53. The van der Waals surface area contributed by atoms with Crippen LogP contribution >= 0.6 is 11.6 Å². The summed E-state index contributed by atoms with van der Waals surface area (Å²) in [5.41, 5.74) is -0.275. The molecule has 0 spiro atoms. The van der Waals surface area contributed by atoms with E-state index in [1.54, 1.807) is 24.3 Å². The monoisotopic (exact) mass is 184 g/mol. The summed E-state index contributed by atoms with van der Waals surface area (Å²) >= 11 is 5.70. The molecular formula is C10H10ClF. The third kappa shape index (κ3) is 1.22. The molecule has 1 fully saturated rings. The van der Waals surface area contributed by atoms with Gasteiger partial charge in [0.2, 0.25) is 0 Å². The van der Waals surface area contributed by atoms with E-state index in [0.29, 0.717) is 17.9 Å².